The van der Waals surface area contributed by atoms with Crippen LogP contribution in [0.15, 0.2) is 49.1 Å². The Balaban J connectivity index is 0.00000361. The third-order valence-corrected chi connectivity index (χ3v) is 8.10. The second-order valence-electron chi connectivity index (χ2n) is 11.5. The van der Waals surface area contributed by atoms with Crippen LogP contribution in [0.25, 0.3) is 0 Å². The van der Waals surface area contributed by atoms with Crippen molar-refractivity contribution >= 4 is 0 Å². The molecule has 0 spiro atoms. The summed E-state index contributed by atoms with van der Waals surface area (Å²) in [6, 6.07) is 9.17. The van der Waals surface area contributed by atoms with Crippen LogP contribution in [-0.4, -0.2) is 0 Å². The molecule has 0 aromatic carbocycles. The molecule has 1 aliphatic rings. The van der Waals surface area contributed by atoms with Crippen molar-refractivity contribution in [3.63, 3.8) is 0 Å². The van der Waals surface area contributed by atoms with Gasteiger partial charge < -0.3 is 48.0 Å². The summed E-state index contributed by atoms with van der Waals surface area (Å²) >= 11 is 0. The fourth-order valence-corrected chi connectivity index (χ4v) is 5.80. The van der Waals surface area contributed by atoms with E-state index in [0.29, 0.717) is 0 Å². The standard InChI is InChI=1S/C34H56N2.2HI/c1-3-7-11-15-19-27-35-29-22-26-34(32-35)24-18-14-10-6-2-4-8-12-16-20-28-36-30-21-25-33(31-36)23-17-13-9-5-1;;/h21-22,25-26,29-32H,1-20,23-24,27-28H2;2*1H/q+2;;/p-2. The lowest BCUT2D eigenvalue weighted by Gasteiger charge is -2.05. The summed E-state index contributed by atoms with van der Waals surface area (Å²) in [5.41, 5.74) is 3.06. The molecule has 4 bridgehead atoms. The molecule has 2 nitrogen and oxygen atoms in total. The van der Waals surface area contributed by atoms with Crippen molar-refractivity contribution in [3.05, 3.63) is 60.2 Å². The summed E-state index contributed by atoms with van der Waals surface area (Å²) in [4.78, 5) is 0. The molecule has 0 amide bonds. The molecular weight excluding hydrogens is 690 g/mol. The number of fused-ring (bicyclic) bond motifs is 4. The summed E-state index contributed by atoms with van der Waals surface area (Å²) in [6.45, 7) is 2.38. The number of halogens is 2. The maximum atomic E-state index is 2.43. The lowest BCUT2D eigenvalue weighted by Crippen LogP contribution is -3.00. The minimum Gasteiger partial charge on any atom is -1.00 e. The van der Waals surface area contributed by atoms with E-state index in [-0.39, 0.29) is 48.0 Å². The highest BCUT2D eigenvalue weighted by Crippen LogP contribution is 2.14. The van der Waals surface area contributed by atoms with Gasteiger partial charge in [-0.2, -0.15) is 0 Å². The maximum absolute atomic E-state index is 2.43. The second-order valence-corrected chi connectivity index (χ2v) is 11.5. The molecule has 0 atom stereocenters. The number of hydrogen-bond donors (Lipinski definition) is 0. The predicted molar refractivity (Wildman–Crippen MR) is 153 cm³/mol. The van der Waals surface area contributed by atoms with E-state index >= 15 is 0 Å². The molecule has 3 rings (SSSR count). The molecule has 216 valence electrons. The zero-order valence-corrected chi connectivity index (χ0v) is 28.6. The number of aryl methyl sites for hydroxylation is 4. The van der Waals surface area contributed by atoms with E-state index in [1.54, 1.807) is 0 Å². The number of aromatic nitrogens is 2. The molecule has 2 aromatic rings. The van der Waals surface area contributed by atoms with Gasteiger partial charge in [-0.05, 0) is 50.7 Å². The van der Waals surface area contributed by atoms with E-state index in [1.165, 1.54) is 165 Å². The highest BCUT2D eigenvalue weighted by molar-refractivity contribution is 5.05. The van der Waals surface area contributed by atoms with E-state index in [4.69, 9.17) is 0 Å². The summed E-state index contributed by atoms with van der Waals surface area (Å²) in [6.07, 6.45) is 39.9. The van der Waals surface area contributed by atoms with Gasteiger partial charge in [-0.3, -0.25) is 0 Å². The van der Waals surface area contributed by atoms with Crippen LogP contribution >= 0.6 is 0 Å². The molecular formula is C34H56I2N2. The Morgan fingerprint density at radius 1 is 0.368 bits per heavy atom. The lowest BCUT2D eigenvalue weighted by molar-refractivity contribution is -0.697. The van der Waals surface area contributed by atoms with Crippen LogP contribution in [0.1, 0.15) is 140 Å². The number of rotatable bonds is 0. The van der Waals surface area contributed by atoms with E-state index in [1.807, 2.05) is 0 Å². The monoisotopic (exact) mass is 746 g/mol. The molecule has 0 N–H and O–H groups in total. The van der Waals surface area contributed by atoms with Gasteiger partial charge in [0.2, 0.25) is 0 Å². The molecule has 4 heteroatoms. The van der Waals surface area contributed by atoms with E-state index in [9.17, 15) is 0 Å². The summed E-state index contributed by atoms with van der Waals surface area (Å²) < 4.78 is 4.87. The largest absolute Gasteiger partial charge is 1.00 e. The molecule has 0 unspecified atom stereocenters. The van der Waals surface area contributed by atoms with Gasteiger partial charge in [0.15, 0.2) is 24.8 Å². The Labute approximate surface area is 269 Å². The van der Waals surface area contributed by atoms with Crippen LogP contribution in [-0.2, 0) is 25.9 Å². The fourth-order valence-electron chi connectivity index (χ4n) is 5.80. The number of hydrogen-bond acceptors (Lipinski definition) is 0. The number of pyridine rings is 2. The summed E-state index contributed by atoms with van der Waals surface area (Å²) in [5, 5.41) is 0. The first-order valence-corrected chi connectivity index (χ1v) is 15.9. The van der Waals surface area contributed by atoms with Crippen LogP contribution in [0.3, 0.4) is 0 Å². The van der Waals surface area contributed by atoms with E-state index in [0.717, 1.165) is 0 Å². The smallest absolute Gasteiger partial charge is 0.171 e. The highest BCUT2D eigenvalue weighted by Gasteiger charge is 2.05. The molecule has 0 saturated carbocycles. The Morgan fingerprint density at radius 2 is 0.658 bits per heavy atom. The molecule has 0 aliphatic carbocycles. The topological polar surface area (TPSA) is 7.76 Å². The number of nitrogens with zero attached hydrogens (tertiary/aromatic N) is 2. The molecule has 0 saturated heterocycles. The summed E-state index contributed by atoms with van der Waals surface area (Å²) in [5.74, 6) is 0. The Hall–Kier alpha value is -0.240. The predicted octanol–water partition coefficient (Wildman–Crippen LogP) is 2.87. The Bertz CT molecular complexity index is 685. The highest BCUT2D eigenvalue weighted by atomic mass is 127. The third kappa shape index (κ3) is 17.5. The summed E-state index contributed by atoms with van der Waals surface area (Å²) in [7, 11) is 0. The van der Waals surface area contributed by atoms with Crippen molar-refractivity contribution in [3.8, 4) is 0 Å². The zero-order valence-electron chi connectivity index (χ0n) is 24.2. The minimum atomic E-state index is 0. The quantitative estimate of drug-likeness (QED) is 0.290. The molecule has 2 aromatic heterocycles. The van der Waals surface area contributed by atoms with E-state index < -0.39 is 0 Å². The van der Waals surface area contributed by atoms with Crippen molar-refractivity contribution in [2.24, 2.45) is 0 Å². The van der Waals surface area contributed by atoms with Gasteiger partial charge in [0.25, 0.3) is 0 Å². The molecule has 38 heavy (non-hydrogen) atoms. The van der Waals surface area contributed by atoms with E-state index in [2.05, 4.69) is 58.2 Å². The average molecular weight is 747 g/mol. The first-order valence-electron chi connectivity index (χ1n) is 15.9. The first-order chi connectivity index (χ1) is 17.9. The lowest BCUT2D eigenvalue weighted by atomic mass is 10.0. The van der Waals surface area contributed by atoms with Crippen LogP contribution < -0.4 is 57.1 Å². The van der Waals surface area contributed by atoms with Gasteiger partial charge in [-0.1, -0.05) is 89.9 Å². The Morgan fingerprint density at radius 3 is 1.00 bits per heavy atom. The normalized spacial score (nSPS) is 18.7. The fraction of sp³-hybridized carbons (Fsp3) is 0.706. The molecule has 3 heterocycles. The molecule has 1 aliphatic heterocycles. The van der Waals surface area contributed by atoms with Gasteiger partial charge in [0, 0.05) is 36.1 Å². The van der Waals surface area contributed by atoms with Crippen LogP contribution in [0.4, 0.5) is 0 Å². The SMILES string of the molecule is [I-].[I-].c1cc2c[n+](c1)CCCCCCCCCCCCc1ccc[n+](c1)CCCCCCCCCCCC2. The van der Waals surface area contributed by atoms with Gasteiger partial charge in [0.1, 0.15) is 13.1 Å². The van der Waals surface area contributed by atoms with Gasteiger partial charge >= 0.3 is 0 Å². The molecule has 0 radical (unpaired) electrons. The van der Waals surface area contributed by atoms with Crippen molar-refractivity contribution < 1.29 is 57.1 Å². The van der Waals surface area contributed by atoms with Gasteiger partial charge in [-0.15, -0.1) is 0 Å². The van der Waals surface area contributed by atoms with Crippen LogP contribution in [0.2, 0.25) is 0 Å². The maximum Gasteiger partial charge on any atom is 0.171 e. The van der Waals surface area contributed by atoms with Crippen molar-refractivity contribution in [2.75, 3.05) is 0 Å². The van der Waals surface area contributed by atoms with Gasteiger partial charge in [-0.25, -0.2) is 9.13 Å². The van der Waals surface area contributed by atoms with Crippen molar-refractivity contribution in [1.29, 1.82) is 0 Å². The second kappa shape index (κ2) is 24.5. The van der Waals surface area contributed by atoms with Crippen LogP contribution in [0, 0.1) is 0 Å². The van der Waals surface area contributed by atoms with Crippen LogP contribution in [0.5, 0.6) is 0 Å². The third-order valence-electron chi connectivity index (χ3n) is 8.10. The molecule has 0 fully saturated rings. The first kappa shape index (κ1) is 35.8. The van der Waals surface area contributed by atoms with Crippen molar-refractivity contribution in [1.82, 2.24) is 0 Å². The average Bonchev–Trinajstić information content (AvgIpc) is 2.90. The van der Waals surface area contributed by atoms with Gasteiger partial charge in [0.05, 0.1) is 0 Å². The Kier molecular flexibility index (Phi) is 23.1. The zero-order chi connectivity index (χ0) is 24.9. The van der Waals surface area contributed by atoms with Crippen molar-refractivity contribution in [2.45, 2.75) is 154 Å². The minimum absolute atomic E-state index is 0.